The highest BCUT2D eigenvalue weighted by atomic mass is 32.2. The van der Waals surface area contributed by atoms with E-state index in [4.69, 9.17) is 0 Å². The summed E-state index contributed by atoms with van der Waals surface area (Å²) in [6.07, 6.45) is 2.98. The molecule has 0 N–H and O–H groups in total. The lowest BCUT2D eigenvalue weighted by molar-refractivity contribution is -0.118. The van der Waals surface area contributed by atoms with Gasteiger partial charge in [-0.1, -0.05) is 25.1 Å². The molecule has 0 aromatic rings. The second-order valence-electron chi connectivity index (χ2n) is 2.83. The number of carbonyl (C=O) groups is 2. The predicted octanol–water partition coefficient (Wildman–Crippen LogP) is 1.52. The molecule has 0 unspecified atom stereocenters. The van der Waals surface area contributed by atoms with Gasteiger partial charge >= 0.3 is 0 Å². The van der Waals surface area contributed by atoms with Crippen molar-refractivity contribution in [3.8, 4) is 0 Å². The van der Waals surface area contributed by atoms with Gasteiger partial charge in [0.05, 0.1) is 0 Å². The van der Waals surface area contributed by atoms with Gasteiger partial charge in [0.15, 0.2) is 5.12 Å². The van der Waals surface area contributed by atoms with E-state index in [0.29, 0.717) is 12.3 Å². The van der Waals surface area contributed by atoms with Crippen molar-refractivity contribution in [2.24, 2.45) is 0 Å². The molecule has 76 valence electrons. The molecule has 13 heavy (non-hydrogen) atoms. The number of carbonyl (C=O) groups excluding carboxylic acids is 2. The molecule has 3 nitrogen and oxygen atoms in total. The van der Waals surface area contributed by atoms with Gasteiger partial charge in [-0.2, -0.15) is 0 Å². The highest BCUT2D eigenvalue weighted by Crippen LogP contribution is 2.01. The van der Waals surface area contributed by atoms with Gasteiger partial charge < -0.3 is 4.90 Å². The third-order valence-electron chi connectivity index (χ3n) is 1.63. The first-order chi connectivity index (χ1) is 6.20. The molecule has 0 rings (SSSR count). The third kappa shape index (κ3) is 7.84. The minimum Gasteiger partial charge on any atom is -0.344 e. The number of unbranched alkanes of at least 4 members (excludes halogenated alkanes) is 1. The van der Waals surface area contributed by atoms with Crippen molar-refractivity contribution < 1.29 is 9.59 Å². The van der Waals surface area contributed by atoms with Crippen molar-refractivity contribution in [3.05, 3.63) is 0 Å². The van der Waals surface area contributed by atoms with Gasteiger partial charge in [0, 0.05) is 25.8 Å². The molecule has 0 saturated heterocycles. The summed E-state index contributed by atoms with van der Waals surface area (Å²) >= 11 is 1.27. The number of amides is 1. The summed E-state index contributed by atoms with van der Waals surface area (Å²) in [5, 5.41) is 0.112. The average molecular weight is 203 g/mol. The molecule has 0 heterocycles. The topological polar surface area (TPSA) is 37.4 Å². The Bertz CT molecular complexity index is 162. The highest BCUT2D eigenvalue weighted by Gasteiger charge is 2.01. The van der Waals surface area contributed by atoms with Gasteiger partial charge in [-0.05, 0) is 6.42 Å². The molecule has 0 aliphatic heterocycles. The summed E-state index contributed by atoms with van der Waals surface area (Å²) in [6.45, 7) is 5.11. The Kier molecular flexibility index (Phi) is 7.79. The molecular weight excluding hydrogens is 186 g/mol. The van der Waals surface area contributed by atoms with Crippen LogP contribution in [0.15, 0.2) is 0 Å². The van der Waals surface area contributed by atoms with Crippen LogP contribution in [-0.2, 0) is 9.59 Å². The van der Waals surface area contributed by atoms with E-state index in [0.717, 1.165) is 25.8 Å². The molecule has 0 atom stereocenters. The molecule has 0 spiro atoms. The van der Waals surface area contributed by atoms with Gasteiger partial charge in [0.1, 0.15) is 0 Å². The molecule has 0 saturated carbocycles. The van der Waals surface area contributed by atoms with E-state index >= 15 is 0 Å². The highest BCUT2D eigenvalue weighted by molar-refractivity contribution is 8.13. The maximum Gasteiger partial charge on any atom is 0.209 e. The zero-order chi connectivity index (χ0) is 10.1. The van der Waals surface area contributed by atoms with Crippen molar-refractivity contribution >= 4 is 23.3 Å². The Morgan fingerprint density at radius 3 is 2.62 bits per heavy atom. The summed E-state index contributed by atoms with van der Waals surface area (Å²) in [5.41, 5.74) is 0. The first-order valence-corrected chi connectivity index (χ1v) is 5.52. The number of thioether (sulfide) groups is 1. The Morgan fingerprint density at radius 1 is 1.46 bits per heavy atom. The number of hydrogen-bond donors (Lipinski definition) is 0. The van der Waals surface area contributed by atoms with Crippen LogP contribution in [0.4, 0.5) is 0 Å². The Labute approximate surface area is 83.9 Å². The van der Waals surface area contributed by atoms with Gasteiger partial charge in [-0.15, -0.1) is 0 Å². The van der Waals surface area contributed by atoms with Crippen molar-refractivity contribution in [3.63, 3.8) is 0 Å². The summed E-state index contributed by atoms with van der Waals surface area (Å²) in [4.78, 5) is 22.8. The van der Waals surface area contributed by atoms with Crippen LogP contribution in [0.25, 0.3) is 0 Å². The standard InChI is InChI=1S/C9H17NO2S/c1-3-4-5-10(8-11)6-7-13-9(2)12/h8H,3-7H2,1-2H3. The fourth-order valence-electron chi connectivity index (χ4n) is 0.885. The normalized spacial score (nSPS) is 9.69. The van der Waals surface area contributed by atoms with Crippen LogP contribution in [-0.4, -0.2) is 35.3 Å². The molecule has 0 aliphatic carbocycles. The smallest absolute Gasteiger partial charge is 0.209 e. The second-order valence-corrected chi connectivity index (χ2v) is 4.11. The first-order valence-electron chi connectivity index (χ1n) is 4.53. The molecule has 0 aliphatic rings. The molecule has 0 bridgehead atoms. The third-order valence-corrected chi connectivity index (χ3v) is 2.43. The molecule has 0 aromatic carbocycles. The summed E-state index contributed by atoms with van der Waals surface area (Å²) < 4.78 is 0. The van der Waals surface area contributed by atoms with Crippen LogP contribution in [0.5, 0.6) is 0 Å². The molecule has 0 radical (unpaired) electrons. The Balaban J connectivity index is 3.47. The molecule has 0 fully saturated rings. The zero-order valence-electron chi connectivity index (χ0n) is 8.28. The molecular formula is C9H17NO2S. The Hall–Kier alpha value is -0.510. The monoisotopic (exact) mass is 203 g/mol. The summed E-state index contributed by atoms with van der Waals surface area (Å²) in [6, 6.07) is 0. The van der Waals surface area contributed by atoms with Crippen LogP contribution >= 0.6 is 11.8 Å². The summed E-state index contributed by atoms with van der Waals surface area (Å²) in [7, 11) is 0. The van der Waals surface area contributed by atoms with Crippen molar-refractivity contribution in [1.82, 2.24) is 4.90 Å². The van der Waals surface area contributed by atoms with E-state index in [-0.39, 0.29) is 5.12 Å². The maximum absolute atomic E-state index is 10.6. The van der Waals surface area contributed by atoms with Gasteiger partial charge in [-0.25, -0.2) is 0 Å². The lowest BCUT2D eigenvalue weighted by Crippen LogP contribution is -2.25. The van der Waals surface area contributed by atoms with E-state index in [1.54, 1.807) is 11.8 Å². The van der Waals surface area contributed by atoms with Gasteiger partial charge in [0.2, 0.25) is 6.41 Å². The van der Waals surface area contributed by atoms with Crippen LogP contribution in [0.3, 0.4) is 0 Å². The van der Waals surface area contributed by atoms with Gasteiger partial charge in [-0.3, -0.25) is 9.59 Å². The molecule has 4 heteroatoms. The minimum absolute atomic E-state index is 0.112. The van der Waals surface area contributed by atoms with Crippen LogP contribution in [0.2, 0.25) is 0 Å². The van der Waals surface area contributed by atoms with E-state index in [1.807, 2.05) is 0 Å². The SMILES string of the molecule is CCCCN(C=O)CCSC(C)=O. The van der Waals surface area contributed by atoms with Crippen molar-refractivity contribution in [2.45, 2.75) is 26.7 Å². The summed E-state index contributed by atoms with van der Waals surface area (Å²) in [5.74, 6) is 0.706. The van der Waals surface area contributed by atoms with E-state index in [9.17, 15) is 9.59 Å². The van der Waals surface area contributed by atoms with Crippen molar-refractivity contribution in [2.75, 3.05) is 18.8 Å². The fourth-order valence-corrected chi connectivity index (χ4v) is 1.50. The van der Waals surface area contributed by atoms with E-state index < -0.39 is 0 Å². The van der Waals surface area contributed by atoms with Crippen LogP contribution in [0, 0.1) is 0 Å². The minimum atomic E-state index is 0.112. The average Bonchev–Trinajstić information content (AvgIpc) is 2.10. The van der Waals surface area contributed by atoms with E-state index in [1.165, 1.54) is 11.8 Å². The quantitative estimate of drug-likeness (QED) is 0.589. The maximum atomic E-state index is 10.6. The Morgan fingerprint density at radius 2 is 2.15 bits per heavy atom. The molecule has 1 amide bonds. The van der Waals surface area contributed by atoms with Crippen molar-refractivity contribution in [1.29, 1.82) is 0 Å². The lowest BCUT2D eigenvalue weighted by atomic mass is 10.3. The van der Waals surface area contributed by atoms with Gasteiger partial charge in [0.25, 0.3) is 0 Å². The first kappa shape index (κ1) is 12.5. The molecule has 0 aromatic heterocycles. The largest absolute Gasteiger partial charge is 0.344 e. The number of rotatable bonds is 7. The number of nitrogens with zero attached hydrogens (tertiary/aromatic N) is 1. The lowest BCUT2D eigenvalue weighted by Gasteiger charge is -2.15. The zero-order valence-corrected chi connectivity index (χ0v) is 9.10. The van der Waals surface area contributed by atoms with Crippen LogP contribution in [0.1, 0.15) is 26.7 Å². The number of hydrogen-bond acceptors (Lipinski definition) is 3. The second kappa shape index (κ2) is 8.10. The van der Waals surface area contributed by atoms with E-state index in [2.05, 4.69) is 6.92 Å². The fraction of sp³-hybridized carbons (Fsp3) is 0.778. The predicted molar refractivity (Wildman–Crippen MR) is 55.7 cm³/mol. The van der Waals surface area contributed by atoms with Crippen LogP contribution < -0.4 is 0 Å².